The highest BCUT2D eigenvalue weighted by Crippen LogP contribution is 2.53. The molecule has 4 rings (SSSR count). The van der Waals surface area contributed by atoms with Crippen LogP contribution in [0.15, 0.2) is 48.5 Å². The SMILES string of the molecule is CCN(CC)CCC(=O)N1c2ccccc2C2CCOc3ccccc3C21. The van der Waals surface area contributed by atoms with E-state index in [0.717, 1.165) is 43.1 Å². The number of hydrogen-bond donors (Lipinski definition) is 0. The number of anilines is 1. The van der Waals surface area contributed by atoms with E-state index in [1.54, 1.807) is 0 Å². The first-order chi connectivity index (χ1) is 13.2. The highest BCUT2D eigenvalue weighted by atomic mass is 16.5. The minimum absolute atomic E-state index is 0.0327. The van der Waals surface area contributed by atoms with Crippen molar-refractivity contribution in [1.82, 2.24) is 4.90 Å². The van der Waals surface area contributed by atoms with E-state index in [1.807, 2.05) is 24.3 Å². The first kappa shape index (κ1) is 18.1. The molecule has 142 valence electrons. The van der Waals surface area contributed by atoms with Gasteiger partial charge in [-0.1, -0.05) is 50.2 Å². The second kappa shape index (κ2) is 7.73. The Bertz CT molecular complexity index is 816. The van der Waals surface area contributed by atoms with Gasteiger partial charge in [0.1, 0.15) is 5.75 Å². The quantitative estimate of drug-likeness (QED) is 0.790. The van der Waals surface area contributed by atoms with E-state index in [1.165, 1.54) is 5.56 Å². The van der Waals surface area contributed by atoms with Crippen LogP contribution in [0.3, 0.4) is 0 Å². The second-order valence-electron chi connectivity index (χ2n) is 7.33. The van der Waals surface area contributed by atoms with E-state index in [0.29, 0.717) is 18.9 Å². The van der Waals surface area contributed by atoms with Gasteiger partial charge in [0, 0.05) is 30.1 Å². The minimum Gasteiger partial charge on any atom is -0.493 e. The Balaban J connectivity index is 1.71. The van der Waals surface area contributed by atoms with Crippen molar-refractivity contribution in [2.24, 2.45) is 0 Å². The molecule has 2 atom stereocenters. The zero-order valence-electron chi connectivity index (χ0n) is 16.2. The molecular weight excluding hydrogens is 336 g/mol. The molecular formula is C23H28N2O2. The molecule has 0 aliphatic carbocycles. The van der Waals surface area contributed by atoms with E-state index in [2.05, 4.69) is 47.9 Å². The fourth-order valence-electron chi connectivity index (χ4n) is 4.55. The van der Waals surface area contributed by atoms with Crippen LogP contribution in [-0.2, 0) is 4.79 Å². The van der Waals surface area contributed by atoms with Crippen molar-refractivity contribution < 1.29 is 9.53 Å². The fraction of sp³-hybridized carbons (Fsp3) is 0.435. The van der Waals surface area contributed by atoms with Gasteiger partial charge in [0.2, 0.25) is 5.91 Å². The molecule has 4 nitrogen and oxygen atoms in total. The van der Waals surface area contributed by atoms with E-state index >= 15 is 0 Å². The number of ether oxygens (including phenoxy) is 1. The van der Waals surface area contributed by atoms with Crippen molar-refractivity contribution in [3.05, 3.63) is 59.7 Å². The van der Waals surface area contributed by atoms with Gasteiger partial charge in [-0.15, -0.1) is 0 Å². The van der Waals surface area contributed by atoms with Gasteiger partial charge >= 0.3 is 0 Å². The maximum Gasteiger partial charge on any atom is 0.228 e. The Labute approximate surface area is 161 Å². The highest BCUT2D eigenvalue weighted by molar-refractivity contribution is 5.97. The molecule has 2 unspecified atom stereocenters. The molecule has 0 N–H and O–H groups in total. The first-order valence-corrected chi connectivity index (χ1v) is 10.1. The summed E-state index contributed by atoms with van der Waals surface area (Å²) in [5.41, 5.74) is 3.49. The topological polar surface area (TPSA) is 32.8 Å². The van der Waals surface area contributed by atoms with Crippen molar-refractivity contribution in [3.63, 3.8) is 0 Å². The second-order valence-corrected chi connectivity index (χ2v) is 7.33. The predicted octanol–water partition coefficient (Wildman–Crippen LogP) is 4.37. The van der Waals surface area contributed by atoms with Gasteiger partial charge in [-0.2, -0.15) is 0 Å². The normalized spacial score (nSPS) is 20.5. The summed E-state index contributed by atoms with van der Waals surface area (Å²) in [7, 11) is 0. The van der Waals surface area contributed by atoms with E-state index < -0.39 is 0 Å². The van der Waals surface area contributed by atoms with Crippen molar-refractivity contribution >= 4 is 11.6 Å². The summed E-state index contributed by atoms with van der Waals surface area (Å²) in [5.74, 6) is 1.42. The van der Waals surface area contributed by atoms with Crippen LogP contribution < -0.4 is 9.64 Å². The third-order valence-corrected chi connectivity index (χ3v) is 5.98. The smallest absolute Gasteiger partial charge is 0.228 e. The van der Waals surface area contributed by atoms with Gasteiger partial charge in [-0.3, -0.25) is 4.79 Å². The number of hydrogen-bond acceptors (Lipinski definition) is 3. The van der Waals surface area contributed by atoms with Crippen LogP contribution in [0.5, 0.6) is 5.75 Å². The summed E-state index contributed by atoms with van der Waals surface area (Å²) in [6.07, 6.45) is 1.47. The van der Waals surface area contributed by atoms with Crippen LogP contribution >= 0.6 is 0 Å². The average Bonchev–Trinajstić information content (AvgIpc) is 2.91. The third-order valence-electron chi connectivity index (χ3n) is 5.98. The van der Waals surface area contributed by atoms with Gasteiger partial charge in [-0.25, -0.2) is 0 Å². The molecule has 1 amide bonds. The van der Waals surface area contributed by atoms with E-state index in [9.17, 15) is 4.79 Å². The summed E-state index contributed by atoms with van der Waals surface area (Å²) in [5, 5.41) is 0. The molecule has 27 heavy (non-hydrogen) atoms. The Morgan fingerprint density at radius 3 is 2.56 bits per heavy atom. The molecule has 0 saturated carbocycles. The van der Waals surface area contributed by atoms with E-state index in [4.69, 9.17) is 4.74 Å². The molecule has 0 bridgehead atoms. The molecule has 2 aliphatic rings. The number of carbonyl (C=O) groups is 1. The van der Waals surface area contributed by atoms with Gasteiger partial charge in [0.25, 0.3) is 0 Å². The minimum atomic E-state index is 0.0327. The number of nitrogens with zero attached hydrogens (tertiary/aromatic N) is 2. The Hall–Kier alpha value is -2.33. The molecule has 0 spiro atoms. The first-order valence-electron chi connectivity index (χ1n) is 10.1. The Kier molecular flexibility index (Phi) is 5.17. The molecule has 0 fully saturated rings. The molecule has 2 aliphatic heterocycles. The van der Waals surface area contributed by atoms with Crippen LogP contribution in [-0.4, -0.2) is 37.0 Å². The van der Waals surface area contributed by atoms with Crippen LogP contribution in [0.25, 0.3) is 0 Å². The van der Waals surface area contributed by atoms with Crippen molar-refractivity contribution in [1.29, 1.82) is 0 Å². The number of para-hydroxylation sites is 2. The summed E-state index contributed by atoms with van der Waals surface area (Å²) >= 11 is 0. The Morgan fingerprint density at radius 2 is 1.78 bits per heavy atom. The molecule has 2 heterocycles. The lowest BCUT2D eigenvalue weighted by Crippen LogP contribution is -2.36. The number of carbonyl (C=O) groups excluding carboxylic acids is 1. The third kappa shape index (κ3) is 3.23. The van der Waals surface area contributed by atoms with Gasteiger partial charge in [0.15, 0.2) is 0 Å². The molecule has 0 aromatic heterocycles. The lowest BCUT2D eigenvalue weighted by atomic mass is 9.88. The summed E-state index contributed by atoms with van der Waals surface area (Å²) in [4.78, 5) is 17.7. The van der Waals surface area contributed by atoms with Crippen LogP contribution in [0.4, 0.5) is 5.69 Å². The zero-order chi connectivity index (χ0) is 18.8. The van der Waals surface area contributed by atoms with Gasteiger partial charge in [0.05, 0.1) is 12.6 Å². The summed E-state index contributed by atoms with van der Waals surface area (Å²) in [6, 6.07) is 16.6. The molecule has 2 aromatic rings. The van der Waals surface area contributed by atoms with Crippen molar-refractivity contribution in [2.45, 2.75) is 38.6 Å². The summed E-state index contributed by atoms with van der Waals surface area (Å²) in [6.45, 7) is 7.74. The van der Waals surface area contributed by atoms with Crippen molar-refractivity contribution in [3.8, 4) is 5.75 Å². The number of fused-ring (bicyclic) bond motifs is 5. The van der Waals surface area contributed by atoms with Crippen LogP contribution in [0, 0.1) is 0 Å². The highest BCUT2D eigenvalue weighted by Gasteiger charge is 2.44. The average molecular weight is 364 g/mol. The zero-order valence-corrected chi connectivity index (χ0v) is 16.2. The maximum atomic E-state index is 13.4. The lowest BCUT2D eigenvalue weighted by Gasteiger charge is -2.29. The number of rotatable bonds is 5. The van der Waals surface area contributed by atoms with Gasteiger partial charge in [-0.05, 0) is 37.2 Å². The molecule has 0 radical (unpaired) electrons. The van der Waals surface area contributed by atoms with Crippen LogP contribution in [0.1, 0.15) is 49.8 Å². The largest absolute Gasteiger partial charge is 0.493 e. The maximum absolute atomic E-state index is 13.4. The Morgan fingerprint density at radius 1 is 1.07 bits per heavy atom. The standard InChI is InChI=1S/C23H28N2O2/c1-3-24(4-2)15-13-22(26)25-20-11-7-5-9-17(20)18-14-16-27-21-12-8-6-10-19(21)23(18)25/h5-12,18,23H,3-4,13-16H2,1-2H3. The van der Waals surface area contributed by atoms with Crippen molar-refractivity contribution in [2.75, 3.05) is 31.1 Å². The predicted molar refractivity (Wildman–Crippen MR) is 108 cm³/mol. The monoisotopic (exact) mass is 364 g/mol. The molecule has 2 aromatic carbocycles. The molecule has 4 heteroatoms. The fourth-order valence-corrected chi connectivity index (χ4v) is 4.55. The van der Waals surface area contributed by atoms with Gasteiger partial charge < -0.3 is 14.5 Å². The summed E-state index contributed by atoms with van der Waals surface area (Å²) < 4.78 is 6.01. The van der Waals surface area contributed by atoms with Crippen LogP contribution in [0.2, 0.25) is 0 Å². The van der Waals surface area contributed by atoms with E-state index in [-0.39, 0.29) is 11.9 Å². The molecule has 0 saturated heterocycles. The number of benzene rings is 2. The lowest BCUT2D eigenvalue weighted by molar-refractivity contribution is -0.119. The number of amides is 1.